The van der Waals surface area contributed by atoms with Crippen molar-refractivity contribution in [2.75, 3.05) is 6.54 Å². The van der Waals surface area contributed by atoms with Gasteiger partial charge in [0.05, 0.1) is 0 Å². The average Bonchev–Trinajstić information content (AvgIpc) is 3.13. The molecule has 1 saturated carbocycles. The molecule has 1 aromatic heterocycles. The molecule has 1 N–H and O–H groups in total. The lowest BCUT2D eigenvalue weighted by molar-refractivity contribution is 0.373. The molecule has 1 aliphatic rings. The zero-order valence-electron chi connectivity index (χ0n) is 11.3. The van der Waals surface area contributed by atoms with Crippen LogP contribution in [0.2, 0.25) is 0 Å². The number of pyridine rings is 1. The summed E-state index contributed by atoms with van der Waals surface area (Å²) in [4.78, 5) is 14.3. The monoisotopic (exact) mass is 284 g/mol. The number of nitrogens with zero attached hydrogens (tertiary/aromatic N) is 1. The van der Waals surface area contributed by atoms with Gasteiger partial charge in [0.2, 0.25) is 15.5 Å². The molecule has 0 bridgehead atoms. The number of rotatable bonds is 6. The largest absolute Gasteiger partial charge is 0.366 e. The fourth-order valence-electron chi connectivity index (χ4n) is 1.98. The third-order valence-corrected chi connectivity index (χ3v) is 5.23. The third-order valence-electron chi connectivity index (χ3n) is 3.26. The first-order chi connectivity index (χ1) is 8.93. The zero-order valence-corrected chi connectivity index (χ0v) is 12.1. The molecule has 0 atom stereocenters. The molecule has 1 aromatic rings. The van der Waals surface area contributed by atoms with Crippen molar-refractivity contribution in [2.24, 2.45) is 5.92 Å². The molecule has 19 heavy (non-hydrogen) atoms. The summed E-state index contributed by atoms with van der Waals surface area (Å²) in [5.74, 6) is 0.436. The van der Waals surface area contributed by atoms with E-state index in [9.17, 15) is 13.2 Å². The third kappa shape index (κ3) is 3.25. The maximum Gasteiger partial charge on any atom is 0.248 e. The summed E-state index contributed by atoms with van der Waals surface area (Å²) in [6.45, 7) is 4.61. The molecule has 0 aliphatic heterocycles. The smallest absolute Gasteiger partial charge is 0.248 e. The first-order valence-corrected chi connectivity index (χ1v) is 8.06. The highest BCUT2D eigenvalue weighted by Gasteiger charge is 2.38. The van der Waals surface area contributed by atoms with Crippen LogP contribution in [0.5, 0.6) is 0 Å². The minimum atomic E-state index is -3.67. The van der Waals surface area contributed by atoms with Crippen molar-refractivity contribution in [1.82, 2.24) is 9.29 Å². The van der Waals surface area contributed by atoms with Crippen LogP contribution >= 0.6 is 0 Å². The van der Waals surface area contributed by atoms with Crippen molar-refractivity contribution in [3.05, 3.63) is 28.7 Å². The molecule has 1 aliphatic carbocycles. The van der Waals surface area contributed by atoms with Gasteiger partial charge in [0.15, 0.2) is 0 Å². The maximum absolute atomic E-state index is 12.6. The van der Waals surface area contributed by atoms with E-state index in [1.807, 2.05) is 0 Å². The molecule has 0 saturated heterocycles. The van der Waals surface area contributed by atoms with Crippen LogP contribution in [0.4, 0.5) is 0 Å². The zero-order chi connectivity index (χ0) is 14.0. The predicted molar refractivity (Wildman–Crippen MR) is 73.4 cm³/mol. The summed E-state index contributed by atoms with van der Waals surface area (Å²) in [6, 6.07) is 1.32. The van der Waals surface area contributed by atoms with Gasteiger partial charge >= 0.3 is 0 Å². The SMILES string of the molecule is CC(C)CCN(C1CC1)S(=O)(=O)c1c[nH]ccc1=O. The van der Waals surface area contributed by atoms with Gasteiger partial charge in [-0.3, -0.25) is 4.79 Å². The summed E-state index contributed by atoms with van der Waals surface area (Å²) in [5.41, 5.74) is -0.450. The Hall–Kier alpha value is -1.14. The van der Waals surface area contributed by atoms with Gasteiger partial charge in [-0.15, -0.1) is 0 Å². The molecule has 6 heteroatoms. The standard InChI is InChI=1S/C13H20N2O3S/c1-10(2)6-8-15(11-3-4-11)19(17,18)13-9-14-7-5-12(13)16/h5,7,9-11H,3-4,6,8H2,1-2H3,(H,14,16). The van der Waals surface area contributed by atoms with Crippen LogP contribution in [0, 0.1) is 5.92 Å². The Bertz CT molecular complexity index is 588. The minimum absolute atomic E-state index is 0.0726. The molecule has 0 radical (unpaired) electrons. The van der Waals surface area contributed by atoms with Crippen LogP contribution < -0.4 is 5.43 Å². The normalized spacial score (nSPS) is 16.2. The van der Waals surface area contributed by atoms with Crippen molar-refractivity contribution in [2.45, 2.75) is 44.0 Å². The van der Waals surface area contributed by atoms with Gasteiger partial charge < -0.3 is 4.98 Å². The Morgan fingerprint density at radius 1 is 1.42 bits per heavy atom. The quantitative estimate of drug-likeness (QED) is 0.862. The van der Waals surface area contributed by atoms with Crippen molar-refractivity contribution >= 4 is 10.0 Å². The van der Waals surface area contributed by atoms with Crippen LogP contribution in [0.1, 0.15) is 33.1 Å². The lowest BCUT2D eigenvalue weighted by Gasteiger charge is -2.22. The predicted octanol–water partition coefficient (Wildman–Crippen LogP) is 1.57. The molecular weight excluding hydrogens is 264 g/mol. The Kier molecular flexibility index (Phi) is 4.10. The van der Waals surface area contributed by atoms with Gasteiger partial charge in [0.1, 0.15) is 4.90 Å². The van der Waals surface area contributed by atoms with Gasteiger partial charge in [-0.1, -0.05) is 13.8 Å². The highest BCUT2D eigenvalue weighted by Crippen LogP contribution is 2.31. The van der Waals surface area contributed by atoms with Crippen LogP contribution in [0.15, 0.2) is 28.2 Å². The van der Waals surface area contributed by atoms with E-state index in [1.54, 1.807) is 0 Å². The van der Waals surface area contributed by atoms with E-state index >= 15 is 0 Å². The number of aromatic amines is 1. The molecule has 106 valence electrons. The molecule has 0 spiro atoms. The molecule has 0 unspecified atom stereocenters. The van der Waals surface area contributed by atoms with Crippen molar-refractivity contribution < 1.29 is 8.42 Å². The molecular formula is C13H20N2O3S. The van der Waals surface area contributed by atoms with Crippen LogP contribution in [0.3, 0.4) is 0 Å². The number of nitrogens with one attached hydrogen (secondary N) is 1. The van der Waals surface area contributed by atoms with Crippen molar-refractivity contribution in [3.63, 3.8) is 0 Å². The molecule has 1 heterocycles. The first-order valence-electron chi connectivity index (χ1n) is 6.62. The minimum Gasteiger partial charge on any atom is -0.366 e. The van der Waals surface area contributed by atoms with Gasteiger partial charge in [-0.2, -0.15) is 4.31 Å². The maximum atomic E-state index is 12.6. The van der Waals surface area contributed by atoms with E-state index in [4.69, 9.17) is 0 Å². The average molecular weight is 284 g/mol. The van der Waals surface area contributed by atoms with Crippen LogP contribution in [-0.4, -0.2) is 30.3 Å². The van der Waals surface area contributed by atoms with Crippen LogP contribution in [-0.2, 0) is 10.0 Å². The first kappa shape index (κ1) is 14.3. The van der Waals surface area contributed by atoms with Gasteiger partial charge in [0, 0.05) is 31.0 Å². The van der Waals surface area contributed by atoms with Crippen LogP contribution in [0.25, 0.3) is 0 Å². The second kappa shape index (κ2) is 5.46. The number of hydrogen-bond donors (Lipinski definition) is 1. The number of sulfonamides is 1. The number of aromatic nitrogens is 1. The Balaban J connectivity index is 2.30. The lowest BCUT2D eigenvalue weighted by atomic mass is 10.1. The number of H-pyrrole nitrogens is 1. The number of hydrogen-bond acceptors (Lipinski definition) is 3. The van der Waals surface area contributed by atoms with E-state index in [-0.39, 0.29) is 10.9 Å². The second-order valence-corrected chi connectivity index (χ2v) is 7.26. The summed E-state index contributed by atoms with van der Waals surface area (Å²) < 4.78 is 26.6. The van der Waals surface area contributed by atoms with Crippen molar-refractivity contribution in [1.29, 1.82) is 0 Å². The topological polar surface area (TPSA) is 70.2 Å². The van der Waals surface area contributed by atoms with E-state index in [1.165, 1.54) is 22.8 Å². The molecule has 2 rings (SSSR count). The van der Waals surface area contributed by atoms with Gasteiger partial charge in [-0.05, 0) is 25.2 Å². The Morgan fingerprint density at radius 2 is 2.11 bits per heavy atom. The fraction of sp³-hybridized carbons (Fsp3) is 0.615. The summed E-state index contributed by atoms with van der Waals surface area (Å²) >= 11 is 0. The molecule has 5 nitrogen and oxygen atoms in total. The van der Waals surface area contributed by atoms with E-state index in [0.29, 0.717) is 12.5 Å². The van der Waals surface area contributed by atoms with Gasteiger partial charge in [0.25, 0.3) is 0 Å². The molecule has 0 aromatic carbocycles. The summed E-state index contributed by atoms with van der Waals surface area (Å²) in [7, 11) is -3.67. The van der Waals surface area contributed by atoms with E-state index < -0.39 is 15.5 Å². The highest BCUT2D eigenvalue weighted by molar-refractivity contribution is 7.89. The Labute approximate surface area is 113 Å². The Morgan fingerprint density at radius 3 is 2.63 bits per heavy atom. The highest BCUT2D eigenvalue weighted by atomic mass is 32.2. The summed E-state index contributed by atoms with van der Waals surface area (Å²) in [6.07, 6.45) is 5.31. The van der Waals surface area contributed by atoms with Gasteiger partial charge in [-0.25, -0.2) is 8.42 Å². The molecule has 0 amide bonds. The van der Waals surface area contributed by atoms with E-state index in [0.717, 1.165) is 19.3 Å². The van der Waals surface area contributed by atoms with E-state index in [2.05, 4.69) is 18.8 Å². The molecule has 1 fully saturated rings. The van der Waals surface area contributed by atoms with Crippen molar-refractivity contribution in [3.8, 4) is 0 Å². The fourth-order valence-corrected chi connectivity index (χ4v) is 3.72. The lowest BCUT2D eigenvalue weighted by Crippen LogP contribution is -2.37. The summed E-state index contributed by atoms with van der Waals surface area (Å²) in [5, 5.41) is 0. The second-order valence-electron chi connectivity index (χ2n) is 5.40.